The average molecular weight is 564 g/mol. The fourth-order valence-corrected chi connectivity index (χ4v) is 3.87. The van der Waals surface area contributed by atoms with Gasteiger partial charge >= 0.3 is 0 Å². The zero-order valence-electron chi connectivity index (χ0n) is 20.4. The number of aliphatic imine (C=N–C) groups is 1. The van der Waals surface area contributed by atoms with Gasteiger partial charge in [-0.3, -0.25) is 9.89 Å². The Bertz CT molecular complexity index is 667. The maximum atomic E-state index is 5.57. The van der Waals surface area contributed by atoms with Crippen molar-refractivity contribution < 1.29 is 14.2 Å². The smallest absolute Gasteiger partial charge is 0.191 e. The molecule has 32 heavy (non-hydrogen) atoms. The van der Waals surface area contributed by atoms with Gasteiger partial charge in [0.2, 0.25) is 0 Å². The minimum Gasteiger partial charge on any atom is -0.493 e. The molecule has 2 rings (SSSR count). The van der Waals surface area contributed by atoms with Crippen LogP contribution in [-0.4, -0.2) is 96.1 Å². The van der Waals surface area contributed by atoms with Crippen LogP contribution in [0.5, 0.6) is 11.5 Å². The van der Waals surface area contributed by atoms with Crippen molar-refractivity contribution in [2.75, 3.05) is 80.3 Å². The Morgan fingerprint density at radius 1 is 1.12 bits per heavy atom. The Morgan fingerprint density at radius 2 is 1.81 bits per heavy atom. The molecule has 1 fully saturated rings. The Balaban J connectivity index is 0.00000512. The predicted octanol–water partition coefficient (Wildman–Crippen LogP) is 2.59. The van der Waals surface area contributed by atoms with E-state index in [1.807, 2.05) is 13.1 Å². The fourth-order valence-electron chi connectivity index (χ4n) is 3.87. The predicted molar refractivity (Wildman–Crippen MR) is 142 cm³/mol. The van der Waals surface area contributed by atoms with E-state index in [1.165, 1.54) is 5.56 Å². The third-order valence-electron chi connectivity index (χ3n) is 5.80. The van der Waals surface area contributed by atoms with E-state index in [0.717, 1.165) is 82.9 Å². The molecule has 0 aromatic heterocycles. The van der Waals surface area contributed by atoms with Gasteiger partial charge in [-0.25, -0.2) is 0 Å². The summed E-state index contributed by atoms with van der Waals surface area (Å²) in [5.74, 6) is 2.32. The van der Waals surface area contributed by atoms with Crippen molar-refractivity contribution in [2.45, 2.75) is 26.3 Å². The van der Waals surface area contributed by atoms with E-state index in [1.54, 1.807) is 14.2 Å². The summed E-state index contributed by atoms with van der Waals surface area (Å²) in [5.41, 5.74) is 1.18. The number of benzene rings is 1. The highest BCUT2D eigenvalue weighted by Crippen LogP contribution is 2.32. The fraction of sp³-hybridized carbons (Fsp3) is 0.696. The molecule has 1 aliphatic rings. The summed E-state index contributed by atoms with van der Waals surface area (Å²) in [4.78, 5) is 9.29. The molecule has 0 bridgehead atoms. The van der Waals surface area contributed by atoms with Gasteiger partial charge in [0.05, 0.1) is 33.5 Å². The molecule has 0 amide bonds. The first kappa shape index (κ1) is 28.7. The van der Waals surface area contributed by atoms with Crippen molar-refractivity contribution in [1.82, 2.24) is 20.4 Å². The number of methoxy groups -OCH3 is 2. The highest BCUT2D eigenvalue weighted by molar-refractivity contribution is 14.0. The van der Waals surface area contributed by atoms with Crippen LogP contribution in [0.2, 0.25) is 0 Å². The Morgan fingerprint density at radius 3 is 2.41 bits per heavy atom. The number of nitrogens with one attached hydrogen (secondary N) is 2. The van der Waals surface area contributed by atoms with Gasteiger partial charge in [-0.2, -0.15) is 0 Å². The van der Waals surface area contributed by atoms with Crippen LogP contribution in [-0.2, 0) is 4.74 Å². The van der Waals surface area contributed by atoms with Crippen LogP contribution < -0.4 is 20.1 Å². The summed E-state index contributed by atoms with van der Waals surface area (Å²) >= 11 is 0. The normalized spacial score (nSPS) is 15.8. The molecule has 1 aromatic rings. The summed E-state index contributed by atoms with van der Waals surface area (Å²) in [6.45, 7) is 12.6. The minimum absolute atomic E-state index is 0. The van der Waals surface area contributed by atoms with E-state index in [0.29, 0.717) is 0 Å². The highest BCUT2D eigenvalue weighted by Gasteiger charge is 2.24. The molecule has 1 heterocycles. The lowest BCUT2D eigenvalue weighted by atomic mass is 10.0. The molecule has 184 valence electrons. The summed E-state index contributed by atoms with van der Waals surface area (Å²) in [6, 6.07) is 6.34. The first-order chi connectivity index (χ1) is 15.2. The molecule has 0 aliphatic carbocycles. The van der Waals surface area contributed by atoms with Gasteiger partial charge in [-0.05, 0) is 43.8 Å². The topological polar surface area (TPSA) is 70.6 Å². The zero-order chi connectivity index (χ0) is 22.5. The highest BCUT2D eigenvalue weighted by atomic mass is 127. The molecule has 9 heteroatoms. The second kappa shape index (κ2) is 16.3. The Hall–Kier alpha value is -1.30. The quantitative estimate of drug-likeness (QED) is 0.175. The number of hydrogen-bond donors (Lipinski definition) is 2. The molecule has 8 nitrogen and oxygen atoms in total. The molecular weight excluding hydrogens is 521 g/mol. The van der Waals surface area contributed by atoms with Crippen molar-refractivity contribution in [1.29, 1.82) is 0 Å². The molecule has 1 unspecified atom stereocenters. The van der Waals surface area contributed by atoms with Gasteiger partial charge in [-0.15, -0.1) is 24.0 Å². The van der Waals surface area contributed by atoms with E-state index in [-0.39, 0.29) is 30.0 Å². The van der Waals surface area contributed by atoms with E-state index in [9.17, 15) is 0 Å². The minimum atomic E-state index is 0. The second-order valence-electron chi connectivity index (χ2n) is 7.54. The number of morpholine rings is 1. The molecule has 1 saturated heterocycles. The van der Waals surface area contributed by atoms with E-state index in [4.69, 9.17) is 14.2 Å². The number of hydrogen-bond acceptors (Lipinski definition) is 6. The average Bonchev–Trinajstić information content (AvgIpc) is 2.83. The van der Waals surface area contributed by atoms with Crippen molar-refractivity contribution in [3.05, 3.63) is 23.8 Å². The Labute approximate surface area is 211 Å². The Kier molecular flexibility index (Phi) is 14.7. The van der Waals surface area contributed by atoms with Gasteiger partial charge in [0.25, 0.3) is 0 Å². The van der Waals surface area contributed by atoms with Gasteiger partial charge < -0.3 is 29.7 Å². The van der Waals surface area contributed by atoms with Crippen molar-refractivity contribution in [2.24, 2.45) is 4.99 Å². The van der Waals surface area contributed by atoms with E-state index in [2.05, 4.69) is 51.4 Å². The summed E-state index contributed by atoms with van der Waals surface area (Å²) in [6.07, 6.45) is 1.09. The summed E-state index contributed by atoms with van der Waals surface area (Å²) < 4.78 is 16.5. The van der Waals surface area contributed by atoms with Gasteiger partial charge in [-0.1, -0.05) is 19.9 Å². The summed E-state index contributed by atoms with van der Waals surface area (Å²) in [7, 11) is 5.15. The largest absolute Gasteiger partial charge is 0.493 e. The van der Waals surface area contributed by atoms with Gasteiger partial charge in [0.1, 0.15) is 0 Å². The maximum Gasteiger partial charge on any atom is 0.191 e. The molecule has 0 radical (unpaired) electrons. The van der Waals surface area contributed by atoms with Crippen LogP contribution in [0.15, 0.2) is 23.2 Å². The molecule has 0 saturated carbocycles. The van der Waals surface area contributed by atoms with Crippen LogP contribution in [0.1, 0.15) is 31.9 Å². The van der Waals surface area contributed by atoms with Crippen LogP contribution in [0, 0.1) is 0 Å². The van der Waals surface area contributed by atoms with Gasteiger partial charge in [0.15, 0.2) is 17.5 Å². The standard InChI is InChI=1S/C23H41N5O3.HI/c1-6-27(7-2)12-8-11-25-23(24-3)26-18-20(28-13-15-31-16-14-28)19-9-10-21(29-4)22(17-19)30-5;/h9-10,17,20H,6-8,11-16,18H2,1-5H3,(H2,24,25,26);1H. The van der Waals surface area contributed by atoms with Gasteiger partial charge in [0, 0.05) is 33.2 Å². The first-order valence-electron chi connectivity index (χ1n) is 11.4. The number of rotatable bonds is 12. The van der Waals surface area contributed by atoms with Crippen LogP contribution in [0.4, 0.5) is 0 Å². The molecule has 1 aromatic carbocycles. The number of ether oxygens (including phenoxy) is 3. The van der Waals surface area contributed by atoms with E-state index < -0.39 is 0 Å². The second-order valence-corrected chi connectivity index (χ2v) is 7.54. The molecular formula is C23H42IN5O3. The first-order valence-corrected chi connectivity index (χ1v) is 11.4. The summed E-state index contributed by atoms with van der Waals surface area (Å²) in [5, 5.41) is 6.97. The van der Waals surface area contributed by atoms with Crippen LogP contribution in [0.25, 0.3) is 0 Å². The maximum absolute atomic E-state index is 5.57. The molecule has 0 spiro atoms. The lowest BCUT2D eigenvalue weighted by Gasteiger charge is -2.35. The van der Waals surface area contributed by atoms with Crippen LogP contribution in [0.3, 0.4) is 0 Å². The monoisotopic (exact) mass is 563 g/mol. The molecule has 1 atom stereocenters. The molecule has 1 aliphatic heterocycles. The number of halogens is 1. The third-order valence-corrected chi connectivity index (χ3v) is 5.80. The zero-order valence-corrected chi connectivity index (χ0v) is 22.7. The van der Waals surface area contributed by atoms with Crippen LogP contribution >= 0.6 is 24.0 Å². The number of nitrogens with zero attached hydrogens (tertiary/aromatic N) is 3. The van der Waals surface area contributed by atoms with Crippen molar-refractivity contribution in [3.63, 3.8) is 0 Å². The van der Waals surface area contributed by atoms with E-state index >= 15 is 0 Å². The third kappa shape index (κ3) is 8.92. The van der Waals surface area contributed by atoms with Crippen molar-refractivity contribution in [3.8, 4) is 11.5 Å². The molecule has 2 N–H and O–H groups in total. The SMILES string of the molecule is CCN(CC)CCCNC(=NC)NCC(c1ccc(OC)c(OC)c1)N1CCOCC1.I. The number of guanidine groups is 1. The van der Waals surface area contributed by atoms with Crippen molar-refractivity contribution >= 4 is 29.9 Å². The lowest BCUT2D eigenvalue weighted by molar-refractivity contribution is 0.0169. The lowest BCUT2D eigenvalue weighted by Crippen LogP contribution is -2.46.